The Morgan fingerprint density at radius 2 is 2.04 bits per heavy atom. The fourth-order valence-corrected chi connectivity index (χ4v) is 3.22. The van der Waals surface area contributed by atoms with Gasteiger partial charge in [0.25, 0.3) is 5.19 Å². The van der Waals surface area contributed by atoms with Crippen molar-refractivity contribution in [2.24, 2.45) is 0 Å². The van der Waals surface area contributed by atoms with Crippen LogP contribution < -0.4 is 9.47 Å². The lowest BCUT2D eigenvalue weighted by Crippen LogP contribution is -2.02. The largest absolute Gasteiger partial charge is 0.497 e. The first-order valence-electron chi connectivity index (χ1n) is 7.23. The summed E-state index contributed by atoms with van der Waals surface area (Å²) in [6, 6.07) is 5.08. The molecule has 3 aromatic heterocycles. The molecule has 0 N–H and O–H groups in total. The van der Waals surface area contributed by atoms with Crippen LogP contribution in [0.1, 0.15) is 10.4 Å². The molecule has 4 rings (SSSR count). The number of nitrogens with zero attached hydrogens (tertiary/aromatic N) is 3. The third kappa shape index (κ3) is 2.49. The van der Waals surface area contributed by atoms with Crippen LogP contribution in [-0.2, 0) is 4.74 Å². The van der Waals surface area contributed by atoms with Crippen LogP contribution in [0.25, 0.3) is 27.4 Å². The molecule has 128 valence electrons. The number of fused-ring (bicyclic) bond motifs is 2. The van der Waals surface area contributed by atoms with E-state index in [0.29, 0.717) is 43.9 Å². The van der Waals surface area contributed by atoms with E-state index in [1.807, 2.05) is 0 Å². The molecule has 0 unspecified atom stereocenters. The first-order chi connectivity index (χ1) is 12.1. The second-order valence-electron chi connectivity index (χ2n) is 5.11. The Morgan fingerprint density at radius 1 is 1.20 bits per heavy atom. The molecule has 0 bridgehead atoms. The Kier molecular flexibility index (Phi) is 3.57. The minimum absolute atomic E-state index is 0.368. The summed E-state index contributed by atoms with van der Waals surface area (Å²) in [4.78, 5) is 17.2. The van der Waals surface area contributed by atoms with E-state index < -0.39 is 5.97 Å². The molecule has 0 aliphatic carbocycles. The number of methoxy groups -OCH3 is 3. The van der Waals surface area contributed by atoms with Crippen molar-refractivity contribution in [2.45, 2.75) is 0 Å². The van der Waals surface area contributed by atoms with E-state index in [0.717, 1.165) is 0 Å². The maximum atomic E-state index is 12.1. The standard InChI is InChI=1S/C16H13N3O5S/c1-21-8-4-10(14(20)22-2)9-6-13(24-12(9)5-8)11-7-19-15(17-11)25-16(18-19)23-3/h4-7H,1-3H3. The molecule has 1 aromatic carbocycles. The highest BCUT2D eigenvalue weighted by Crippen LogP contribution is 2.34. The number of ether oxygens (including phenoxy) is 3. The van der Waals surface area contributed by atoms with Crippen molar-refractivity contribution in [3.05, 3.63) is 30.0 Å². The minimum atomic E-state index is -0.464. The topological polar surface area (TPSA) is 88.1 Å². The first kappa shape index (κ1) is 15.5. The van der Waals surface area contributed by atoms with Gasteiger partial charge in [-0.25, -0.2) is 14.3 Å². The molecule has 0 aliphatic heterocycles. The SMILES string of the molecule is COC(=O)c1cc(OC)cc2oc(-c3cn4nc(OC)sc4n3)cc12. The number of carbonyl (C=O) groups excluding carboxylic acids is 1. The molecule has 4 aromatic rings. The molecule has 8 nitrogen and oxygen atoms in total. The summed E-state index contributed by atoms with van der Waals surface area (Å²) >= 11 is 1.32. The van der Waals surface area contributed by atoms with E-state index in [1.165, 1.54) is 25.6 Å². The molecule has 0 fully saturated rings. The van der Waals surface area contributed by atoms with Gasteiger partial charge in [0.1, 0.15) is 17.0 Å². The zero-order valence-corrected chi connectivity index (χ0v) is 14.4. The highest BCUT2D eigenvalue weighted by atomic mass is 32.1. The van der Waals surface area contributed by atoms with Gasteiger partial charge in [0.15, 0.2) is 5.76 Å². The number of benzene rings is 1. The van der Waals surface area contributed by atoms with Gasteiger partial charge in [-0.3, -0.25) is 0 Å². The van der Waals surface area contributed by atoms with Crippen LogP contribution in [0, 0.1) is 0 Å². The first-order valence-corrected chi connectivity index (χ1v) is 8.05. The summed E-state index contributed by atoms with van der Waals surface area (Å²) in [5, 5.41) is 5.39. The van der Waals surface area contributed by atoms with Gasteiger partial charge in [-0.2, -0.15) is 0 Å². The fourth-order valence-electron chi connectivity index (χ4n) is 2.52. The van der Waals surface area contributed by atoms with Gasteiger partial charge in [0.2, 0.25) is 4.96 Å². The van der Waals surface area contributed by atoms with Crippen molar-refractivity contribution in [2.75, 3.05) is 21.3 Å². The molecule has 0 saturated heterocycles. The molecule has 0 saturated carbocycles. The molecule has 0 radical (unpaired) electrons. The van der Waals surface area contributed by atoms with Crippen LogP contribution in [0.15, 0.2) is 28.8 Å². The van der Waals surface area contributed by atoms with Gasteiger partial charge in [0.05, 0.1) is 33.1 Å². The number of carbonyl (C=O) groups is 1. The summed E-state index contributed by atoms with van der Waals surface area (Å²) in [6.07, 6.45) is 1.74. The lowest BCUT2D eigenvalue weighted by Gasteiger charge is -2.04. The Bertz CT molecular complexity index is 1060. The molecule has 0 spiro atoms. The van der Waals surface area contributed by atoms with Crippen LogP contribution in [0.4, 0.5) is 0 Å². The summed E-state index contributed by atoms with van der Waals surface area (Å²) < 4.78 is 22.6. The Hall–Kier alpha value is -3.07. The van der Waals surface area contributed by atoms with Gasteiger partial charge >= 0.3 is 5.97 Å². The summed E-state index contributed by atoms with van der Waals surface area (Å²) in [6.45, 7) is 0. The highest BCUT2D eigenvalue weighted by Gasteiger charge is 2.19. The monoisotopic (exact) mass is 359 g/mol. The van der Waals surface area contributed by atoms with Crippen LogP contribution in [0.5, 0.6) is 10.9 Å². The van der Waals surface area contributed by atoms with Crippen molar-refractivity contribution >= 4 is 33.2 Å². The summed E-state index contributed by atoms with van der Waals surface area (Å²) in [5.74, 6) is 0.560. The van der Waals surface area contributed by atoms with E-state index in [1.54, 1.807) is 36.0 Å². The molecule has 3 heterocycles. The number of hydrogen-bond donors (Lipinski definition) is 0. The lowest BCUT2D eigenvalue weighted by atomic mass is 10.1. The van der Waals surface area contributed by atoms with Gasteiger partial charge < -0.3 is 18.6 Å². The molecule has 25 heavy (non-hydrogen) atoms. The maximum Gasteiger partial charge on any atom is 0.338 e. The third-order valence-electron chi connectivity index (χ3n) is 3.70. The van der Waals surface area contributed by atoms with Crippen LogP contribution in [0.2, 0.25) is 0 Å². The number of imidazole rings is 1. The second-order valence-corrected chi connectivity index (χ2v) is 6.03. The van der Waals surface area contributed by atoms with E-state index in [2.05, 4.69) is 10.1 Å². The van der Waals surface area contributed by atoms with E-state index in [4.69, 9.17) is 18.6 Å². The van der Waals surface area contributed by atoms with Crippen molar-refractivity contribution in [1.82, 2.24) is 14.6 Å². The maximum absolute atomic E-state index is 12.1. The highest BCUT2D eigenvalue weighted by molar-refractivity contribution is 7.18. The molecule has 0 aliphatic rings. The molecule has 0 amide bonds. The van der Waals surface area contributed by atoms with Gasteiger partial charge in [-0.1, -0.05) is 0 Å². The number of rotatable bonds is 4. The Labute approximate surface area is 145 Å². The van der Waals surface area contributed by atoms with Crippen LogP contribution >= 0.6 is 11.3 Å². The zero-order valence-electron chi connectivity index (χ0n) is 13.6. The predicted molar refractivity (Wildman–Crippen MR) is 90.5 cm³/mol. The predicted octanol–water partition coefficient (Wildman–Crippen LogP) is 3.01. The third-order valence-corrected chi connectivity index (χ3v) is 4.59. The van der Waals surface area contributed by atoms with Crippen molar-refractivity contribution in [3.63, 3.8) is 0 Å². The quantitative estimate of drug-likeness (QED) is 0.518. The zero-order chi connectivity index (χ0) is 17.6. The molecular formula is C16H13N3O5S. The summed E-state index contributed by atoms with van der Waals surface area (Å²) in [7, 11) is 4.41. The number of hydrogen-bond acceptors (Lipinski definition) is 8. The van der Waals surface area contributed by atoms with E-state index in [-0.39, 0.29) is 0 Å². The average molecular weight is 359 g/mol. The number of aromatic nitrogens is 3. The molecule has 9 heteroatoms. The minimum Gasteiger partial charge on any atom is -0.497 e. The van der Waals surface area contributed by atoms with E-state index in [9.17, 15) is 4.79 Å². The van der Waals surface area contributed by atoms with Gasteiger partial charge in [0, 0.05) is 11.5 Å². The Morgan fingerprint density at radius 3 is 2.72 bits per heavy atom. The second kappa shape index (κ2) is 5.78. The average Bonchev–Trinajstić information content (AvgIpc) is 3.31. The number of esters is 1. The van der Waals surface area contributed by atoms with Crippen LogP contribution in [0.3, 0.4) is 0 Å². The van der Waals surface area contributed by atoms with Gasteiger partial charge in [-0.05, 0) is 23.5 Å². The smallest absolute Gasteiger partial charge is 0.338 e. The van der Waals surface area contributed by atoms with Crippen molar-refractivity contribution < 1.29 is 23.4 Å². The molecule has 0 atom stereocenters. The van der Waals surface area contributed by atoms with Crippen molar-refractivity contribution in [3.8, 4) is 22.4 Å². The van der Waals surface area contributed by atoms with Crippen molar-refractivity contribution in [1.29, 1.82) is 0 Å². The normalized spacial score (nSPS) is 11.2. The lowest BCUT2D eigenvalue weighted by molar-refractivity contribution is 0.0602. The Balaban J connectivity index is 1.86. The van der Waals surface area contributed by atoms with E-state index >= 15 is 0 Å². The fraction of sp³-hybridized carbons (Fsp3) is 0.188. The van der Waals surface area contributed by atoms with Crippen LogP contribution in [-0.4, -0.2) is 41.9 Å². The van der Waals surface area contributed by atoms with Gasteiger partial charge in [-0.15, -0.1) is 5.10 Å². The molecular weight excluding hydrogens is 346 g/mol. The summed E-state index contributed by atoms with van der Waals surface area (Å²) in [5.41, 5.74) is 1.48. The number of furan rings is 1.